The predicted octanol–water partition coefficient (Wildman–Crippen LogP) is -6.23. The van der Waals surface area contributed by atoms with Gasteiger partial charge >= 0.3 is 37.7 Å². The van der Waals surface area contributed by atoms with Crippen molar-refractivity contribution in [1.82, 2.24) is 0 Å². The third kappa shape index (κ3) is 1400. The average molecular weight is 316 g/mol. The van der Waals surface area contributed by atoms with Gasteiger partial charge in [0.25, 0.3) is 12.5 Å². The van der Waals surface area contributed by atoms with E-state index < -0.39 is 0 Å². The molecule has 0 fully saturated rings. The van der Waals surface area contributed by atoms with Gasteiger partial charge in [-0.2, -0.15) is 24.0 Å². The van der Waals surface area contributed by atoms with Gasteiger partial charge in [0.1, 0.15) is 0 Å². The molecule has 0 unspecified atom stereocenters. The quantitative estimate of drug-likeness (QED) is 0.318. The molecule has 10 N–H and O–H groups in total. The van der Waals surface area contributed by atoms with Crippen LogP contribution in [0.4, 0.5) is 0 Å². The summed E-state index contributed by atoms with van der Waals surface area (Å²) >= 11 is 0. The molecule has 0 aliphatic rings. The summed E-state index contributed by atoms with van der Waals surface area (Å²) in [5, 5.41) is 57.5. The zero-order chi connectivity index (χ0) is 10.8. The topological polar surface area (TPSA) is 308 Å². The summed E-state index contributed by atoms with van der Waals surface area (Å²) in [7, 11) is 0. The minimum Gasteiger partial charge on any atom is -0.812 e. The van der Waals surface area contributed by atoms with Gasteiger partial charge in [-0.05, 0) is 0 Å². The molecule has 0 amide bonds. The molecule has 0 bridgehead atoms. The summed E-state index contributed by atoms with van der Waals surface area (Å²) in [6.45, 7) is 0. The first-order valence-electron chi connectivity index (χ1n) is 1.75. The Balaban J connectivity index is -0.00000000533. The monoisotopic (exact) mass is 316 g/mol. The Morgan fingerprint density at radius 3 is 0.667 bits per heavy atom. The maximum atomic E-state index is 8.24. The largest absolute Gasteiger partial charge is 2.00 e. The van der Waals surface area contributed by atoms with E-state index in [0.29, 0.717) is 12.5 Å². The summed E-state index contributed by atoms with van der Waals surface area (Å²) in [6.07, 6.45) is 2.50. The molecule has 18 heavy (non-hydrogen) atoms. The molecule has 12 nitrogen and oxygen atoms in total. The Morgan fingerprint density at radius 2 is 0.667 bits per heavy atom. The second-order valence-electron chi connectivity index (χ2n) is 0.383. The Morgan fingerprint density at radius 1 is 0.667 bits per heavy atom. The second-order valence-corrected chi connectivity index (χ2v) is 0.383. The molecular formula is C4H12CaN4O8S. The molecule has 0 atom stereocenters. The first-order chi connectivity index (χ1) is 5.66. The predicted molar refractivity (Wildman–Crippen MR) is 56.9 cm³/mol. The molecule has 0 aliphatic carbocycles. The normalized spacial score (nSPS) is 1.56. The number of aliphatic hydroxyl groups is 2. The first-order valence-corrected chi connectivity index (χ1v) is 1.75. The molecule has 0 heterocycles. The molecule has 0 radical (unpaired) electrons. The fourth-order valence-corrected chi connectivity index (χ4v) is 0. The van der Waals surface area contributed by atoms with Crippen LogP contribution in [0.5, 0.6) is 0 Å². The molecule has 0 aromatic heterocycles. The number of hydrogen-bond acceptors (Lipinski definition) is 8. The van der Waals surface area contributed by atoms with Gasteiger partial charge in [-0.1, -0.05) is 0 Å². The summed E-state index contributed by atoms with van der Waals surface area (Å²) in [6, 6.07) is 0. The van der Waals surface area contributed by atoms with E-state index in [9.17, 15) is 0 Å². The Kier molecular flexibility index (Phi) is 2520. The summed E-state index contributed by atoms with van der Waals surface area (Å²) in [5.74, 6) is 0. The van der Waals surface area contributed by atoms with E-state index in [2.05, 4.69) is 0 Å². The summed E-state index contributed by atoms with van der Waals surface area (Å²) in [4.78, 5) is 0. The smallest absolute Gasteiger partial charge is 0.812 e. The molecule has 104 valence electrons. The standard InChI is InChI=1S/4CHNO.Ca.4H2O.H2S/c4*2-1-3;;;;;;/h4*3H;;5*1H2/q;;;;+2;;;;;/p-2. The summed E-state index contributed by atoms with van der Waals surface area (Å²) < 4.78 is 0. The average Bonchev–Trinajstić information content (AvgIpc) is 1.92. The third-order valence-electron chi connectivity index (χ3n) is 0. The zero-order valence-corrected chi connectivity index (χ0v) is 11.9. The van der Waals surface area contributed by atoms with Gasteiger partial charge in [0, 0.05) is 12.5 Å². The van der Waals surface area contributed by atoms with Crippen LogP contribution in [0.2, 0.25) is 0 Å². The van der Waals surface area contributed by atoms with E-state index in [-0.39, 0.29) is 73.1 Å². The fourth-order valence-electron chi connectivity index (χ4n) is 0. The van der Waals surface area contributed by atoms with E-state index in [4.69, 9.17) is 41.5 Å². The Labute approximate surface area is 139 Å². The van der Waals surface area contributed by atoms with Crippen LogP contribution >= 0.6 is 13.5 Å². The molecule has 0 spiro atoms. The van der Waals surface area contributed by atoms with Gasteiger partial charge in [-0.25, -0.2) is 10.5 Å². The number of nitriles is 4. The van der Waals surface area contributed by atoms with E-state index in [1.165, 1.54) is 0 Å². The van der Waals surface area contributed by atoms with Gasteiger partial charge in [0.15, 0.2) is 0 Å². The van der Waals surface area contributed by atoms with Crippen molar-refractivity contribution < 1.29 is 42.3 Å². The molecule has 0 aromatic carbocycles. The fraction of sp³-hybridized carbons (Fsp3) is 0. The van der Waals surface area contributed by atoms with Crippen LogP contribution < -0.4 is 10.2 Å². The molecular weight excluding hydrogens is 304 g/mol. The van der Waals surface area contributed by atoms with E-state index in [1.807, 2.05) is 0 Å². The van der Waals surface area contributed by atoms with Crippen molar-refractivity contribution in [1.29, 1.82) is 21.0 Å². The van der Waals surface area contributed by atoms with E-state index in [0.717, 1.165) is 12.5 Å². The van der Waals surface area contributed by atoms with Crippen molar-refractivity contribution in [2.24, 2.45) is 0 Å². The summed E-state index contributed by atoms with van der Waals surface area (Å²) in [5.41, 5.74) is 0. The molecule has 0 saturated carbocycles. The third-order valence-corrected chi connectivity index (χ3v) is 0. The van der Waals surface area contributed by atoms with Gasteiger partial charge in [-0.3, -0.25) is 0 Å². The number of rotatable bonds is 0. The van der Waals surface area contributed by atoms with E-state index >= 15 is 0 Å². The van der Waals surface area contributed by atoms with Crippen LogP contribution in [0.3, 0.4) is 0 Å². The van der Waals surface area contributed by atoms with Crippen LogP contribution in [-0.4, -0.2) is 69.9 Å². The minimum absolute atomic E-state index is 0. The Bertz CT molecular complexity index is 169. The van der Waals surface area contributed by atoms with Crippen molar-refractivity contribution in [2.45, 2.75) is 0 Å². The van der Waals surface area contributed by atoms with Gasteiger partial charge in [0.2, 0.25) is 0 Å². The number of nitrogens with zero attached hydrogens (tertiary/aromatic N) is 4. The van der Waals surface area contributed by atoms with Crippen LogP contribution in [0, 0.1) is 46.1 Å². The maximum Gasteiger partial charge on any atom is 2.00 e. The second kappa shape index (κ2) is 489. The van der Waals surface area contributed by atoms with Crippen molar-refractivity contribution >= 4 is 51.2 Å². The maximum absolute atomic E-state index is 8.24. The van der Waals surface area contributed by atoms with Crippen LogP contribution in [-0.2, 0) is 0 Å². The molecule has 0 saturated heterocycles. The van der Waals surface area contributed by atoms with Crippen LogP contribution in [0.15, 0.2) is 0 Å². The molecule has 14 heteroatoms. The van der Waals surface area contributed by atoms with Gasteiger partial charge < -0.3 is 42.3 Å². The SMILES string of the molecule is N#CO.N#CO.N#C[O-].N#C[O-].O.O.O.O.S.[Ca+2]. The first kappa shape index (κ1) is 92.6. The van der Waals surface area contributed by atoms with Gasteiger partial charge in [0.05, 0.1) is 0 Å². The van der Waals surface area contributed by atoms with Crippen molar-refractivity contribution in [2.75, 3.05) is 0 Å². The van der Waals surface area contributed by atoms with Crippen LogP contribution in [0.25, 0.3) is 0 Å². The van der Waals surface area contributed by atoms with Crippen molar-refractivity contribution in [3.8, 4) is 25.0 Å². The number of hydrogen-bond donors (Lipinski definition) is 2. The molecule has 0 aliphatic heterocycles. The van der Waals surface area contributed by atoms with Crippen molar-refractivity contribution in [3.63, 3.8) is 0 Å². The molecule has 0 aromatic rings. The van der Waals surface area contributed by atoms with E-state index in [1.54, 1.807) is 0 Å². The Hall–Kier alpha value is -1.39. The minimum atomic E-state index is 0. The van der Waals surface area contributed by atoms with Crippen LogP contribution in [0.1, 0.15) is 0 Å². The van der Waals surface area contributed by atoms with Crippen molar-refractivity contribution in [3.05, 3.63) is 0 Å². The number of aliphatic hydroxyl groups excluding tert-OH is 2. The molecule has 0 rings (SSSR count). The van der Waals surface area contributed by atoms with Gasteiger partial charge in [-0.15, -0.1) is 0 Å². The zero-order valence-electron chi connectivity index (χ0n) is 8.71.